The summed E-state index contributed by atoms with van der Waals surface area (Å²) >= 11 is 0. The van der Waals surface area contributed by atoms with Crippen LogP contribution in [0.1, 0.15) is 27.2 Å². The minimum Gasteiger partial charge on any atom is -0.499 e. The molecule has 0 bridgehead atoms. The normalized spacial score (nSPS) is 13.0. The molecule has 0 amide bonds. The maximum atomic E-state index is 5.58. The Hall–Kier alpha value is -0.500. The molecular formula is C10H20O2. The van der Waals surface area contributed by atoms with Crippen molar-refractivity contribution in [2.24, 2.45) is 5.92 Å². The molecule has 72 valence electrons. The van der Waals surface area contributed by atoms with Crippen LogP contribution in [0, 0.1) is 5.92 Å². The van der Waals surface area contributed by atoms with E-state index in [0.29, 0.717) is 12.5 Å². The third-order valence-corrected chi connectivity index (χ3v) is 1.52. The maximum absolute atomic E-state index is 5.58. The van der Waals surface area contributed by atoms with Gasteiger partial charge in [0.25, 0.3) is 0 Å². The average Bonchev–Trinajstić information content (AvgIpc) is 2.05. The lowest BCUT2D eigenvalue weighted by atomic mass is 10.2. The van der Waals surface area contributed by atoms with E-state index in [1.165, 1.54) is 6.26 Å². The highest BCUT2D eigenvalue weighted by Gasteiger charge is 2.06. The van der Waals surface area contributed by atoms with Crippen LogP contribution in [0.15, 0.2) is 12.8 Å². The van der Waals surface area contributed by atoms with Crippen LogP contribution >= 0.6 is 0 Å². The van der Waals surface area contributed by atoms with Crippen molar-refractivity contribution in [3.63, 3.8) is 0 Å². The second kappa shape index (κ2) is 7.17. The van der Waals surface area contributed by atoms with Crippen molar-refractivity contribution in [3.8, 4) is 0 Å². The standard InChI is InChI=1S/C10H20O2/c1-5-10(8-11-6-2)12-7-9(3)4/h6,9-10H,2,5,7-8H2,1,3-4H3. The lowest BCUT2D eigenvalue weighted by Gasteiger charge is -2.16. The van der Waals surface area contributed by atoms with Crippen molar-refractivity contribution in [3.05, 3.63) is 12.8 Å². The first-order chi connectivity index (χ1) is 5.70. The quantitative estimate of drug-likeness (QED) is 0.549. The molecule has 2 heteroatoms. The number of ether oxygens (including phenoxy) is 2. The summed E-state index contributed by atoms with van der Waals surface area (Å²) in [4.78, 5) is 0. The fourth-order valence-corrected chi connectivity index (χ4v) is 0.788. The Morgan fingerprint density at radius 3 is 2.42 bits per heavy atom. The van der Waals surface area contributed by atoms with Gasteiger partial charge in [-0.3, -0.25) is 0 Å². The van der Waals surface area contributed by atoms with E-state index in [1.807, 2.05) is 0 Å². The van der Waals surface area contributed by atoms with E-state index in [4.69, 9.17) is 9.47 Å². The second-order valence-corrected chi connectivity index (χ2v) is 3.26. The molecule has 0 spiro atoms. The Labute approximate surface area is 75.6 Å². The van der Waals surface area contributed by atoms with Crippen LogP contribution in [0.25, 0.3) is 0 Å². The monoisotopic (exact) mass is 172 g/mol. The summed E-state index contributed by atoms with van der Waals surface area (Å²) in [7, 11) is 0. The first-order valence-electron chi connectivity index (χ1n) is 4.54. The van der Waals surface area contributed by atoms with Gasteiger partial charge in [0.2, 0.25) is 0 Å². The number of hydrogen-bond acceptors (Lipinski definition) is 2. The zero-order chi connectivity index (χ0) is 9.40. The highest BCUT2D eigenvalue weighted by molar-refractivity contribution is 4.58. The molecule has 0 aliphatic carbocycles. The SMILES string of the molecule is C=COCC(CC)OCC(C)C. The molecule has 0 heterocycles. The van der Waals surface area contributed by atoms with Crippen LogP contribution in [0.4, 0.5) is 0 Å². The summed E-state index contributed by atoms with van der Waals surface area (Å²) in [5.74, 6) is 0.586. The van der Waals surface area contributed by atoms with Gasteiger partial charge in [-0.15, -0.1) is 0 Å². The summed E-state index contributed by atoms with van der Waals surface area (Å²) in [5, 5.41) is 0. The fraction of sp³-hybridized carbons (Fsp3) is 0.800. The van der Waals surface area contributed by atoms with Crippen molar-refractivity contribution in [2.75, 3.05) is 13.2 Å². The van der Waals surface area contributed by atoms with Gasteiger partial charge in [-0.05, 0) is 12.3 Å². The largest absolute Gasteiger partial charge is 0.499 e. The maximum Gasteiger partial charge on any atom is 0.113 e. The third kappa shape index (κ3) is 6.23. The summed E-state index contributed by atoms with van der Waals surface area (Å²) in [6, 6.07) is 0. The van der Waals surface area contributed by atoms with Crippen molar-refractivity contribution in [1.29, 1.82) is 0 Å². The summed E-state index contributed by atoms with van der Waals surface area (Å²) in [6.07, 6.45) is 2.66. The molecule has 2 nitrogen and oxygen atoms in total. The molecule has 0 aromatic rings. The zero-order valence-electron chi connectivity index (χ0n) is 8.38. The van der Waals surface area contributed by atoms with Gasteiger partial charge in [0.1, 0.15) is 6.61 Å². The predicted octanol–water partition coefficient (Wildman–Crippen LogP) is 2.60. The zero-order valence-corrected chi connectivity index (χ0v) is 8.38. The number of rotatable bonds is 7. The molecule has 1 unspecified atom stereocenters. The molecule has 0 saturated heterocycles. The Bertz CT molecular complexity index is 110. The van der Waals surface area contributed by atoms with E-state index in [0.717, 1.165) is 13.0 Å². The third-order valence-electron chi connectivity index (χ3n) is 1.52. The van der Waals surface area contributed by atoms with Gasteiger partial charge in [-0.2, -0.15) is 0 Å². The Morgan fingerprint density at radius 1 is 1.33 bits per heavy atom. The fourth-order valence-electron chi connectivity index (χ4n) is 0.788. The predicted molar refractivity (Wildman–Crippen MR) is 51.0 cm³/mol. The van der Waals surface area contributed by atoms with E-state index in [2.05, 4.69) is 27.4 Å². The Kier molecular flexibility index (Phi) is 6.87. The molecule has 0 fully saturated rings. The molecule has 0 aromatic carbocycles. The van der Waals surface area contributed by atoms with Gasteiger partial charge in [-0.1, -0.05) is 27.4 Å². The molecule has 0 aliphatic rings. The van der Waals surface area contributed by atoms with Crippen molar-refractivity contribution < 1.29 is 9.47 Å². The molecule has 0 aromatic heterocycles. The van der Waals surface area contributed by atoms with E-state index >= 15 is 0 Å². The second-order valence-electron chi connectivity index (χ2n) is 3.26. The Balaban J connectivity index is 3.45. The highest BCUT2D eigenvalue weighted by Crippen LogP contribution is 2.02. The molecule has 0 N–H and O–H groups in total. The molecule has 0 rings (SSSR count). The topological polar surface area (TPSA) is 18.5 Å². The summed E-state index contributed by atoms with van der Waals surface area (Å²) in [5.41, 5.74) is 0. The van der Waals surface area contributed by atoms with Crippen LogP contribution in [0.3, 0.4) is 0 Å². The van der Waals surface area contributed by atoms with Crippen LogP contribution in [-0.4, -0.2) is 19.3 Å². The van der Waals surface area contributed by atoms with Crippen molar-refractivity contribution in [1.82, 2.24) is 0 Å². The number of hydrogen-bond donors (Lipinski definition) is 0. The van der Waals surface area contributed by atoms with Gasteiger partial charge in [0.15, 0.2) is 0 Å². The molecule has 0 saturated carbocycles. The lowest BCUT2D eigenvalue weighted by molar-refractivity contribution is -0.00533. The lowest BCUT2D eigenvalue weighted by Crippen LogP contribution is -2.20. The van der Waals surface area contributed by atoms with E-state index in [-0.39, 0.29) is 6.10 Å². The van der Waals surface area contributed by atoms with E-state index < -0.39 is 0 Å². The average molecular weight is 172 g/mol. The van der Waals surface area contributed by atoms with E-state index in [1.54, 1.807) is 0 Å². The van der Waals surface area contributed by atoms with Crippen LogP contribution in [0.2, 0.25) is 0 Å². The van der Waals surface area contributed by atoms with Gasteiger partial charge in [-0.25, -0.2) is 0 Å². The van der Waals surface area contributed by atoms with Crippen molar-refractivity contribution in [2.45, 2.75) is 33.3 Å². The summed E-state index contributed by atoms with van der Waals surface area (Å²) < 4.78 is 10.6. The highest BCUT2D eigenvalue weighted by atomic mass is 16.5. The molecule has 12 heavy (non-hydrogen) atoms. The molecule has 0 aliphatic heterocycles. The van der Waals surface area contributed by atoms with Gasteiger partial charge >= 0.3 is 0 Å². The van der Waals surface area contributed by atoms with Gasteiger partial charge in [0, 0.05) is 6.61 Å². The van der Waals surface area contributed by atoms with Crippen molar-refractivity contribution >= 4 is 0 Å². The molecule has 0 radical (unpaired) electrons. The molecule has 1 atom stereocenters. The first-order valence-corrected chi connectivity index (χ1v) is 4.54. The molecular weight excluding hydrogens is 152 g/mol. The van der Waals surface area contributed by atoms with Gasteiger partial charge < -0.3 is 9.47 Å². The smallest absolute Gasteiger partial charge is 0.113 e. The minimum atomic E-state index is 0.213. The van der Waals surface area contributed by atoms with Gasteiger partial charge in [0.05, 0.1) is 12.4 Å². The van der Waals surface area contributed by atoms with Crippen LogP contribution in [0.5, 0.6) is 0 Å². The van der Waals surface area contributed by atoms with E-state index in [9.17, 15) is 0 Å². The van der Waals surface area contributed by atoms with Crippen LogP contribution < -0.4 is 0 Å². The summed E-state index contributed by atoms with van der Waals surface area (Å²) in [6.45, 7) is 11.3. The van der Waals surface area contributed by atoms with Crippen LogP contribution in [-0.2, 0) is 9.47 Å². The Morgan fingerprint density at radius 2 is 2.00 bits per heavy atom. The minimum absolute atomic E-state index is 0.213. The first kappa shape index (κ1) is 11.5.